The molecule has 0 spiro atoms. The standard InChI is InChI=1S/C23H23ClFN3O2S2/c24-16-11-13(9-10-17(16)25)26-19(29)12-31-23-27-21-20(15-7-3-4-8-18(15)32-21)22(30)28(23)14-5-1-2-6-14/h9-11,14H,1-8,12H2,(H,26,29). The Morgan fingerprint density at radius 3 is 2.81 bits per heavy atom. The number of carbonyl (C=O) groups is 1. The Morgan fingerprint density at radius 2 is 2.03 bits per heavy atom. The van der Waals surface area contributed by atoms with Gasteiger partial charge >= 0.3 is 0 Å². The van der Waals surface area contributed by atoms with Crippen molar-refractivity contribution in [3.8, 4) is 0 Å². The van der Waals surface area contributed by atoms with E-state index in [0.717, 1.165) is 61.6 Å². The highest BCUT2D eigenvalue weighted by atomic mass is 35.5. The fourth-order valence-electron chi connectivity index (χ4n) is 4.69. The van der Waals surface area contributed by atoms with Gasteiger partial charge < -0.3 is 5.32 Å². The smallest absolute Gasteiger partial charge is 0.263 e. The van der Waals surface area contributed by atoms with E-state index in [2.05, 4.69) is 5.32 Å². The lowest BCUT2D eigenvalue weighted by atomic mass is 9.97. The number of aryl methyl sites for hydroxylation is 2. The largest absolute Gasteiger partial charge is 0.325 e. The first-order valence-corrected chi connectivity index (χ1v) is 13.1. The molecule has 0 bridgehead atoms. The van der Waals surface area contributed by atoms with E-state index in [1.807, 2.05) is 4.57 Å². The van der Waals surface area contributed by atoms with Crippen LogP contribution in [-0.4, -0.2) is 21.2 Å². The van der Waals surface area contributed by atoms with Gasteiger partial charge in [-0.25, -0.2) is 9.37 Å². The number of nitrogens with one attached hydrogen (secondary N) is 1. The third kappa shape index (κ3) is 4.20. The Bertz CT molecular complexity index is 1250. The van der Waals surface area contributed by atoms with Crippen LogP contribution in [0.15, 0.2) is 28.2 Å². The van der Waals surface area contributed by atoms with Crippen LogP contribution >= 0.6 is 34.7 Å². The molecule has 1 fully saturated rings. The Hall–Kier alpha value is -1.90. The monoisotopic (exact) mass is 491 g/mol. The number of thiophene rings is 1. The van der Waals surface area contributed by atoms with Crippen LogP contribution in [-0.2, 0) is 17.6 Å². The molecule has 0 unspecified atom stereocenters. The van der Waals surface area contributed by atoms with Gasteiger partial charge in [-0.1, -0.05) is 36.2 Å². The molecule has 5 rings (SSSR count). The second kappa shape index (κ2) is 9.15. The highest BCUT2D eigenvalue weighted by Crippen LogP contribution is 2.37. The lowest BCUT2D eigenvalue weighted by Gasteiger charge is -2.18. The van der Waals surface area contributed by atoms with Gasteiger partial charge in [-0.05, 0) is 62.3 Å². The lowest BCUT2D eigenvalue weighted by molar-refractivity contribution is -0.113. The number of benzene rings is 1. The molecular formula is C23H23ClFN3O2S2. The van der Waals surface area contributed by atoms with E-state index in [4.69, 9.17) is 16.6 Å². The van der Waals surface area contributed by atoms with E-state index in [1.165, 1.54) is 40.4 Å². The molecule has 0 saturated heterocycles. The average molecular weight is 492 g/mol. The maximum absolute atomic E-state index is 13.6. The highest BCUT2D eigenvalue weighted by Gasteiger charge is 2.27. The van der Waals surface area contributed by atoms with Gasteiger partial charge in [-0.2, -0.15) is 0 Å². The molecule has 0 radical (unpaired) electrons. The summed E-state index contributed by atoms with van der Waals surface area (Å²) in [5.74, 6) is -0.684. The molecule has 2 aliphatic carbocycles. The second-order valence-corrected chi connectivity index (χ2v) is 10.8. The molecule has 1 N–H and O–H groups in total. The van der Waals surface area contributed by atoms with Gasteiger partial charge in [-0.3, -0.25) is 14.2 Å². The van der Waals surface area contributed by atoms with E-state index >= 15 is 0 Å². The van der Waals surface area contributed by atoms with Crippen molar-refractivity contribution in [2.24, 2.45) is 0 Å². The SMILES string of the molecule is O=C(CSc1nc2sc3c(c2c(=O)n1C1CCCC1)CCCC3)Nc1ccc(F)c(Cl)c1. The molecule has 3 aromatic rings. The number of halogens is 2. The maximum Gasteiger partial charge on any atom is 0.263 e. The zero-order chi connectivity index (χ0) is 22.2. The van der Waals surface area contributed by atoms with E-state index < -0.39 is 5.82 Å². The Labute approximate surface area is 198 Å². The molecule has 168 valence electrons. The van der Waals surface area contributed by atoms with E-state index in [1.54, 1.807) is 11.3 Å². The molecular weight excluding hydrogens is 469 g/mol. The van der Waals surface area contributed by atoms with Crippen LogP contribution in [0.3, 0.4) is 0 Å². The Morgan fingerprint density at radius 1 is 1.25 bits per heavy atom. The number of amides is 1. The molecule has 2 aromatic heterocycles. The number of carbonyl (C=O) groups excluding carboxylic acids is 1. The molecule has 32 heavy (non-hydrogen) atoms. The molecule has 0 aliphatic heterocycles. The van der Waals surface area contributed by atoms with Crippen LogP contribution < -0.4 is 10.9 Å². The highest BCUT2D eigenvalue weighted by molar-refractivity contribution is 7.99. The number of aromatic nitrogens is 2. The zero-order valence-corrected chi connectivity index (χ0v) is 19.8. The van der Waals surface area contributed by atoms with Gasteiger partial charge in [0.15, 0.2) is 5.16 Å². The maximum atomic E-state index is 13.6. The van der Waals surface area contributed by atoms with E-state index in [0.29, 0.717) is 10.8 Å². The van der Waals surface area contributed by atoms with Gasteiger partial charge in [0.2, 0.25) is 5.91 Å². The zero-order valence-electron chi connectivity index (χ0n) is 17.5. The Kier molecular flexibility index (Phi) is 6.27. The molecule has 1 saturated carbocycles. The molecule has 1 aromatic carbocycles. The van der Waals surface area contributed by atoms with Gasteiger partial charge in [0.05, 0.1) is 16.2 Å². The van der Waals surface area contributed by atoms with Crippen LogP contribution in [0.4, 0.5) is 10.1 Å². The third-order valence-corrected chi connectivity index (χ3v) is 8.64. The number of nitrogens with zero attached hydrogens (tertiary/aromatic N) is 2. The topological polar surface area (TPSA) is 64.0 Å². The lowest BCUT2D eigenvalue weighted by Crippen LogP contribution is -2.27. The van der Waals surface area contributed by atoms with Gasteiger partial charge in [0.25, 0.3) is 5.56 Å². The molecule has 2 heterocycles. The van der Waals surface area contributed by atoms with Crippen molar-refractivity contribution in [1.82, 2.24) is 9.55 Å². The molecule has 1 amide bonds. The van der Waals surface area contributed by atoms with Crippen molar-refractivity contribution in [2.75, 3.05) is 11.1 Å². The summed E-state index contributed by atoms with van der Waals surface area (Å²) in [4.78, 5) is 33.2. The minimum atomic E-state index is -0.532. The first kappa shape index (κ1) is 21.9. The van der Waals surface area contributed by atoms with Gasteiger partial charge in [-0.15, -0.1) is 11.3 Å². The van der Waals surface area contributed by atoms with Crippen LogP contribution in [0.1, 0.15) is 55.0 Å². The predicted octanol–water partition coefficient (Wildman–Crippen LogP) is 5.98. The number of hydrogen-bond donors (Lipinski definition) is 1. The van der Waals surface area contributed by atoms with Crippen LogP contribution in [0.2, 0.25) is 5.02 Å². The number of fused-ring (bicyclic) bond motifs is 3. The summed E-state index contributed by atoms with van der Waals surface area (Å²) in [6.07, 6.45) is 8.38. The second-order valence-electron chi connectivity index (χ2n) is 8.36. The minimum absolute atomic E-state index is 0.0423. The van der Waals surface area contributed by atoms with Crippen molar-refractivity contribution in [3.05, 3.63) is 49.8 Å². The summed E-state index contributed by atoms with van der Waals surface area (Å²) >= 11 is 8.71. The minimum Gasteiger partial charge on any atom is -0.325 e. The first-order valence-electron chi connectivity index (χ1n) is 11.0. The summed E-state index contributed by atoms with van der Waals surface area (Å²) in [5, 5.41) is 4.10. The van der Waals surface area contributed by atoms with Gasteiger partial charge in [0, 0.05) is 16.6 Å². The van der Waals surface area contributed by atoms with Crippen molar-refractivity contribution in [3.63, 3.8) is 0 Å². The van der Waals surface area contributed by atoms with Crippen molar-refractivity contribution in [1.29, 1.82) is 0 Å². The third-order valence-electron chi connectivity index (χ3n) is 6.21. The molecule has 2 aliphatic rings. The molecule has 0 atom stereocenters. The number of anilines is 1. The molecule has 9 heteroatoms. The summed E-state index contributed by atoms with van der Waals surface area (Å²) in [5.41, 5.74) is 1.68. The summed E-state index contributed by atoms with van der Waals surface area (Å²) in [7, 11) is 0. The fourth-order valence-corrected chi connectivity index (χ4v) is 7.04. The van der Waals surface area contributed by atoms with Crippen LogP contribution in [0, 0.1) is 5.82 Å². The number of hydrogen-bond acceptors (Lipinski definition) is 5. The fraction of sp³-hybridized carbons (Fsp3) is 0.435. The van der Waals surface area contributed by atoms with Crippen molar-refractivity contribution >= 4 is 56.5 Å². The molecule has 5 nitrogen and oxygen atoms in total. The van der Waals surface area contributed by atoms with Crippen LogP contribution in [0.5, 0.6) is 0 Å². The predicted molar refractivity (Wildman–Crippen MR) is 129 cm³/mol. The van der Waals surface area contributed by atoms with E-state index in [-0.39, 0.29) is 28.3 Å². The summed E-state index contributed by atoms with van der Waals surface area (Å²) in [6.45, 7) is 0. The normalized spacial score (nSPS) is 16.4. The summed E-state index contributed by atoms with van der Waals surface area (Å²) in [6, 6.07) is 4.21. The van der Waals surface area contributed by atoms with Crippen LogP contribution in [0.25, 0.3) is 10.2 Å². The van der Waals surface area contributed by atoms with Crippen molar-refractivity contribution in [2.45, 2.75) is 62.6 Å². The Balaban J connectivity index is 1.44. The number of thioether (sulfide) groups is 1. The quantitative estimate of drug-likeness (QED) is 0.352. The number of rotatable bonds is 5. The average Bonchev–Trinajstić information content (AvgIpc) is 3.42. The first-order chi connectivity index (χ1) is 15.5. The van der Waals surface area contributed by atoms with Crippen molar-refractivity contribution < 1.29 is 9.18 Å². The summed E-state index contributed by atoms with van der Waals surface area (Å²) < 4.78 is 15.2. The van der Waals surface area contributed by atoms with E-state index in [9.17, 15) is 14.0 Å². The van der Waals surface area contributed by atoms with Gasteiger partial charge in [0.1, 0.15) is 10.6 Å².